The van der Waals surface area contributed by atoms with E-state index in [1.807, 2.05) is 134 Å². The summed E-state index contributed by atoms with van der Waals surface area (Å²) in [7, 11) is 0. The predicted octanol–water partition coefficient (Wildman–Crippen LogP) is 6.73. The van der Waals surface area contributed by atoms with Crippen LogP contribution in [0.5, 0.6) is 0 Å². The Morgan fingerprint density at radius 1 is 0.489 bits per heavy atom. The quantitative estimate of drug-likeness (QED) is 0.102. The van der Waals surface area contributed by atoms with Crippen molar-refractivity contribution in [3.63, 3.8) is 0 Å². The zero-order chi connectivity index (χ0) is 31.7. The SMILES string of the molecule is CSC(SC)C(O)[C@H](OCc1ccccc1)[C@@H](OCc1ccccc1)[C@H](OCc1ccccc1)[C@H](O)COCc1ccccc1. The van der Waals surface area contributed by atoms with Crippen LogP contribution in [0.25, 0.3) is 0 Å². The lowest BCUT2D eigenvalue weighted by Crippen LogP contribution is -2.55. The Bertz CT molecular complexity index is 1310. The molecule has 0 heterocycles. The van der Waals surface area contributed by atoms with Gasteiger partial charge in [-0.15, -0.1) is 23.5 Å². The van der Waals surface area contributed by atoms with Crippen LogP contribution in [0.4, 0.5) is 0 Å². The van der Waals surface area contributed by atoms with E-state index in [4.69, 9.17) is 18.9 Å². The van der Waals surface area contributed by atoms with Crippen LogP contribution < -0.4 is 0 Å². The summed E-state index contributed by atoms with van der Waals surface area (Å²) >= 11 is 3.10. The molecule has 0 amide bonds. The van der Waals surface area contributed by atoms with Gasteiger partial charge in [-0.05, 0) is 34.8 Å². The normalized spacial score (nSPS) is 15.0. The summed E-state index contributed by atoms with van der Waals surface area (Å²) in [6.07, 6.45) is -0.630. The highest BCUT2D eigenvalue weighted by molar-refractivity contribution is 8.16. The van der Waals surface area contributed by atoms with Crippen molar-refractivity contribution in [3.8, 4) is 0 Å². The van der Waals surface area contributed by atoms with Crippen LogP contribution in [0.2, 0.25) is 0 Å². The predicted molar refractivity (Wildman–Crippen MR) is 184 cm³/mol. The summed E-state index contributed by atoms with van der Waals surface area (Å²) in [6.45, 7) is 1.10. The fourth-order valence-electron chi connectivity index (χ4n) is 4.99. The van der Waals surface area contributed by atoms with Crippen LogP contribution in [0, 0.1) is 0 Å². The van der Waals surface area contributed by atoms with Crippen molar-refractivity contribution < 1.29 is 29.2 Å². The number of thioether (sulfide) groups is 2. The zero-order valence-corrected chi connectivity index (χ0v) is 27.5. The molecule has 0 bridgehead atoms. The highest BCUT2D eigenvalue weighted by Crippen LogP contribution is 2.31. The standard InChI is InChI=1S/C37H44O6S2/c1-44-37(45-2)33(39)35(42-25-30-19-11-5-12-20-30)36(43-26-31-21-13-6-14-22-31)34(41-24-29-17-9-4-10-18-29)32(38)27-40-23-28-15-7-3-8-16-28/h3-22,32-39H,23-27H2,1-2H3/t32-,33?,34-,35+,36+/m1/s1. The number of hydrogen-bond acceptors (Lipinski definition) is 8. The van der Waals surface area contributed by atoms with Crippen LogP contribution in [-0.4, -0.2) is 64.4 Å². The summed E-state index contributed by atoms with van der Waals surface area (Å²) in [4.78, 5) is 0. The third-order valence-electron chi connectivity index (χ3n) is 7.36. The number of aliphatic hydroxyl groups is 2. The molecule has 45 heavy (non-hydrogen) atoms. The molecule has 0 aromatic heterocycles. The third-order valence-corrected chi connectivity index (χ3v) is 10.0. The van der Waals surface area contributed by atoms with Crippen LogP contribution in [0.15, 0.2) is 121 Å². The Hall–Kier alpha value is -2.66. The molecule has 240 valence electrons. The molecule has 8 heteroatoms. The molecule has 5 atom stereocenters. The Kier molecular flexibility index (Phi) is 15.5. The van der Waals surface area contributed by atoms with Crippen molar-refractivity contribution in [2.24, 2.45) is 0 Å². The van der Waals surface area contributed by atoms with E-state index in [0.717, 1.165) is 22.3 Å². The zero-order valence-electron chi connectivity index (χ0n) is 25.9. The van der Waals surface area contributed by atoms with Crippen LogP contribution in [-0.2, 0) is 45.4 Å². The van der Waals surface area contributed by atoms with Crippen molar-refractivity contribution in [2.45, 2.75) is 61.5 Å². The molecule has 0 saturated carbocycles. The van der Waals surface area contributed by atoms with E-state index >= 15 is 0 Å². The minimum atomic E-state index is -1.07. The first-order valence-corrected chi connectivity index (χ1v) is 17.7. The summed E-state index contributed by atoms with van der Waals surface area (Å²) in [5.41, 5.74) is 3.89. The summed E-state index contributed by atoms with van der Waals surface area (Å²) in [6, 6.07) is 39.3. The van der Waals surface area contributed by atoms with Gasteiger partial charge in [0.15, 0.2) is 0 Å². The highest BCUT2D eigenvalue weighted by Gasteiger charge is 2.43. The molecule has 1 unspecified atom stereocenters. The number of hydrogen-bond donors (Lipinski definition) is 2. The molecule has 2 N–H and O–H groups in total. The second kappa shape index (κ2) is 19.8. The van der Waals surface area contributed by atoms with E-state index in [1.54, 1.807) is 23.5 Å². The minimum absolute atomic E-state index is 0.00946. The van der Waals surface area contributed by atoms with Gasteiger partial charge in [-0.25, -0.2) is 0 Å². The fraction of sp³-hybridized carbons (Fsp3) is 0.351. The Morgan fingerprint density at radius 3 is 1.24 bits per heavy atom. The summed E-state index contributed by atoms with van der Waals surface area (Å²) in [5.74, 6) is 0. The first-order valence-electron chi connectivity index (χ1n) is 15.1. The lowest BCUT2D eigenvalue weighted by molar-refractivity contribution is -0.204. The van der Waals surface area contributed by atoms with Crippen molar-refractivity contribution in [1.29, 1.82) is 0 Å². The van der Waals surface area contributed by atoms with E-state index in [9.17, 15) is 10.2 Å². The smallest absolute Gasteiger partial charge is 0.115 e. The number of aliphatic hydroxyl groups excluding tert-OH is 2. The average molecular weight is 649 g/mol. The van der Waals surface area contributed by atoms with Gasteiger partial charge in [-0.2, -0.15) is 0 Å². The molecule has 4 rings (SSSR count). The molecular weight excluding hydrogens is 605 g/mol. The van der Waals surface area contributed by atoms with E-state index in [2.05, 4.69) is 0 Å². The van der Waals surface area contributed by atoms with Crippen molar-refractivity contribution in [2.75, 3.05) is 19.1 Å². The third kappa shape index (κ3) is 11.6. The maximum Gasteiger partial charge on any atom is 0.115 e. The molecule has 0 aliphatic heterocycles. The first kappa shape index (κ1) is 35.2. The molecule has 0 aliphatic rings. The molecule has 6 nitrogen and oxygen atoms in total. The summed E-state index contributed by atoms with van der Waals surface area (Å²) < 4.78 is 25.5. The lowest BCUT2D eigenvalue weighted by atomic mass is 9.98. The maximum absolute atomic E-state index is 11.8. The topological polar surface area (TPSA) is 77.4 Å². The van der Waals surface area contributed by atoms with Gasteiger partial charge in [-0.3, -0.25) is 0 Å². The summed E-state index contributed by atoms with van der Waals surface area (Å²) in [5, 5.41) is 23.6. The van der Waals surface area contributed by atoms with E-state index in [-0.39, 0.29) is 31.0 Å². The van der Waals surface area contributed by atoms with Gasteiger partial charge >= 0.3 is 0 Å². The Balaban J connectivity index is 1.65. The molecule has 4 aromatic carbocycles. The number of rotatable bonds is 20. The van der Waals surface area contributed by atoms with Gasteiger partial charge in [-0.1, -0.05) is 121 Å². The lowest BCUT2D eigenvalue weighted by Gasteiger charge is -2.39. The van der Waals surface area contributed by atoms with Crippen LogP contribution >= 0.6 is 23.5 Å². The number of ether oxygens (including phenoxy) is 4. The van der Waals surface area contributed by atoms with Gasteiger partial charge in [0.2, 0.25) is 0 Å². The molecule has 0 aliphatic carbocycles. The van der Waals surface area contributed by atoms with Crippen LogP contribution in [0.3, 0.4) is 0 Å². The molecule has 0 saturated heterocycles. The monoisotopic (exact) mass is 648 g/mol. The van der Waals surface area contributed by atoms with Gasteiger partial charge in [0, 0.05) is 0 Å². The molecule has 4 aromatic rings. The molecule has 0 spiro atoms. The molecular formula is C37H44O6S2. The number of benzene rings is 4. The van der Waals surface area contributed by atoms with Gasteiger partial charge < -0.3 is 29.2 Å². The average Bonchev–Trinajstić information content (AvgIpc) is 3.09. The Labute approximate surface area is 276 Å². The molecule has 0 radical (unpaired) electrons. The van der Waals surface area contributed by atoms with E-state index in [0.29, 0.717) is 6.61 Å². The Morgan fingerprint density at radius 2 is 0.844 bits per heavy atom. The minimum Gasteiger partial charge on any atom is -0.388 e. The van der Waals surface area contributed by atoms with E-state index < -0.39 is 30.5 Å². The van der Waals surface area contributed by atoms with Gasteiger partial charge in [0.1, 0.15) is 30.5 Å². The van der Waals surface area contributed by atoms with Crippen molar-refractivity contribution in [1.82, 2.24) is 0 Å². The molecule has 0 fully saturated rings. The van der Waals surface area contributed by atoms with Crippen molar-refractivity contribution >= 4 is 23.5 Å². The fourth-order valence-corrected chi connectivity index (χ4v) is 6.62. The van der Waals surface area contributed by atoms with Crippen molar-refractivity contribution in [3.05, 3.63) is 144 Å². The highest BCUT2D eigenvalue weighted by atomic mass is 32.2. The largest absolute Gasteiger partial charge is 0.388 e. The van der Waals surface area contributed by atoms with Gasteiger partial charge in [0.25, 0.3) is 0 Å². The maximum atomic E-state index is 11.8. The second-order valence-corrected chi connectivity index (χ2v) is 12.9. The second-order valence-electron chi connectivity index (χ2n) is 10.7. The van der Waals surface area contributed by atoms with Gasteiger partial charge in [0.05, 0.1) is 37.6 Å². The van der Waals surface area contributed by atoms with Crippen LogP contribution in [0.1, 0.15) is 22.3 Å². The first-order chi connectivity index (χ1) is 22.1. The van der Waals surface area contributed by atoms with E-state index in [1.165, 1.54) is 0 Å².